The molecule has 14 heavy (non-hydrogen) atoms. The van der Waals surface area contributed by atoms with Crippen molar-refractivity contribution in [1.29, 1.82) is 0 Å². The van der Waals surface area contributed by atoms with E-state index in [2.05, 4.69) is 0 Å². The second kappa shape index (κ2) is 3.47. The molecule has 0 aliphatic carbocycles. The second-order valence-electron chi connectivity index (χ2n) is 4.47. The third kappa shape index (κ3) is 2.27. The van der Waals surface area contributed by atoms with Crippen LogP contribution >= 0.6 is 0 Å². The van der Waals surface area contributed by atoms with Crippen molar-refractivity contribution in [1.82, 2.24) is 0 Å². The largest absolute Gasteiger partial charge is 0.396 e. The highest BCUT2D eigenvalue weighted by atomic mass is 32.2. The third-order valence-corrected chi connectivity index (χ3v) is 4.94. The van der Waals surface area contributed by atoms with Gasteiger partial charge in [-0.25, -0.2) is 8.42 Å². The summed E-state index contributed by atoms with van der Waals surface area (Å²) in [5.74, 6) is 0.445. The van der Waals surface area contributed by atoms with Gasteiger partial charge < -0.3 is 9.84 Å². The molecule has 0 aromatic rings. The van der Waals surface area contributed by atoms with Gasteiger partial charge >= 0.3 is 0 Å². The molecule has 2 saturated heterocycles. The van der Waals surface area contributed by atoms with E-state index in [0.717, 1.165) is 13.0 Å². The monoisotopic (exact) mass is 220 g/mol. The number of rotatable bonds is 3. The Balaban J connectivity index is 1.99. The fraction of sp³-hybridized carbons (Fsp3) is 1.00. The molecule has 5 heteroatoms. The summed E-state index contributed by atoms with van der Waals surface area (Å²) in [4.78, 5) is 0. The van der Waals surface area contributed by atoms with Crippen molar-refractivity contribution >= 4 is 9.84 Å². The Morgan fingerprint density at radius 2 is 1.93 bits per heavy atom. The van der Waals surface area contributed by atoms with Gasteiger partial charge in [0.25, 0.3) is 0 Å². The summed E-state index contributed by atoms with van der Waals surface area (Å²) in [6.07, 6.45) is 2.26. The van der Waals surface area contributed by atoms with Crippen LogP contribution in [0.5, 0.6) is 0 Å². The Morgan fingerprint density at radius 1 is 1.36 bits per heavy atom. The average Bonchev–Trinajstić information content (AvgIpc) is 2.93. The molecule has 1 atom stereocenters. The van der Waals surface area contributed by atoms with E-state index in [4.69, 9.17) is 4.74 Å². The summed E-state index contributed by atoms with van der Waals surface area (Å²) in [5.41, 5.74) is -0.188. The van der Waals surface area contributed by atoms with Gasteiger partial charge in [0.1, 0.15) is 9.84 Å². The van der Waals surface area contributed by atoms with Crippen molar-refractivity contribution in [3.05, 3.63) is 0 Å². The lowest BCUT2D eigenvalue weighted by Crippen LogP contribution is -2.37. The van der Waals surface area contributed by atoms with Gasteiger partial charge in [-0.05, 0) is 24.7 Å². The lowest BCUT2D eigenvalue weighted by Gasteiger charge is -2.34. The minimum absolute atomic E-state index is 0.0857. The Labute approximate surface area is 84.2 Å². The van der Waals surface area contributed by atoms with Crippen LogP contribution < -0.4 is 0 Å². The fourth-order valence-corrected chi connectivity index (χ4v) is 3.76. The standard InChI is InChI=1S/C9H16O4S/c10-7-9(5-8-6-13-8)1-3-14(11,12)4-2-9/h8,10H,1-7H2. The predicted molar refractivity (Wildman–Crippen MR) is 51.8 cm³/mol. The van der Waals surface area contributed by atoms with E-state index in [1.807, 2.05) is 0 Å². The van der Waals surface area contributed by atoms with Gasteiger partial charge in [-0.1, -0.05) is 0 Å². The molecular formula is C9H16O4S. The van der Waals surface area contributed by atoms with Crippen LogP contribution in [0.3, 0.4) is 0 Å². The number of ether oxygens (including phenoxy) is 1. The Kier molecular flexibility index (Phi) is 2.57. The summed E-state index contributed by atoms with van der Waals surface area (Å²) in [6, 6.07) is 0. The number of epoxide rings is 1. The summed E-state index contributed by atoms with van der Waals surface area (Å²) in [6.45, 7) is 0.858. The Hall–Kier alpha value is -0.130. The number of aliphatic hydroxyl groups excluding tert-OH is 1. The number of hydrogen-bond donors (Lipinski definition) is 1. The summed E-state index contributed by atoms with van der Waals surface area (Å²) in [5, 5.41) is 9.34. The minimum Gasteiger partial charge on any atom is -0.396 e. The van der Waals surface area contributed by atoms with Crippen molar-refractivity contribution in [2.24, 2.45) is 5.41 Å². The molecule has 2 aliphatic heterocycles. The van der Waals surface area contributed by atoms with Gasteiger partial charge in [0.05, 0.1) is 24.2 Å². The highest BCUT2D eigenvalue weighted by Crippen LogP contribution is 2.39. The van der Waals surface area contributed by atoms with Crippen LogP contribution in [0.15, 0.2) is 0 Å². The van der Waals surface area contributed by atoms with Gasteiger partial charge in [0.2, 0.25) is 0 Å². The van der Waals surface area contributed by atoms with E-state index in [0.29, 0.717) is 12.8 Å². The molecule has 1 unspecified atom stereocenters. The van der Waals surface area contributed by atoms with Crippen LogP contribution in [0, 0.1) is 5.41 Å². The molecule has 0 radical (unpaired) electrons. The third-order valence-electron chi connectivity index (χ3n) is 3.29. The second-order valence-corrected chi connectivity index (χ2v) is 6.77. The van der Waals surface area contributed by atoms with Crippen LogP contribution in [-0.4, -0.2) is 44.3 Å². The number of aliphatic hydroxyl groups is 1. The molecule has 82 valence electrons. The molecule has 0 aromatic heterocycles. The van der Waals surface area contributed by atoms with Gasteiger partial charge in [-0.3, -0.25) is 0 Å². The smallest absolute Gasteiger partial charge is 0.150 e. The molecule has 0 bridgehead atoms. The molecule has 2 rings (SSSR count). The molecule has 2 aliphatic rings. The van der Waals surface area contributed by atoms with Crippen LogP contribution in [0.25, 0.3) is 0 Å². The molecule has 0 aromatic carbocycles. The zero-order valence-electron chi connectivity index (χ0n) is 8.11. The predicted octanol–water partition coefficient (Wildman–Crippen LogP) is -0.0374. The first kappa shape index (κ1) is 10.4. The van der Waals surface area contributed by atoms with Gasteiger partial charge in [0.15, 0.2) is 0 Å². The van der Waals surface area contributed by atoms with E-state index in [9.17, 15) is 13.5 Å². The number of hydrogen-bond acceptors (Lipinski definition) is 4. The fourth-order valence-electron chi connectivity index (χ4n) is 2.07. The summed E-state index contributed by atoms with van der Waals surface area (Å²) in [7, 11) is -2.83. The van der Waals surface area contributed by atoms with Crippen molar-refractivity contribution in [2.45, 2.75) is 25.4 Å². The SMILES string of the molecule is O=S1(=O)CCC(CO)(CC2CO2)CC1. The van der Waals surface area contributed by atoms with E-state index in [1.54, 1.807) is 0 Å². The molecule has 1 N–H and O–H groups in total. The van der Waals surface area contributed by atoms with Crippen LogP contribution in [0.2, 0.25) is 0 Å². The van der Waals surface area contributed by atoms with Gasteiger partial charge in [0, 0.05) is 6.61 Å². The van der Waals surface area contributed by atoms with Crippen molar-refractivity contribution < 1.29 is 18.3 Å². The Morgan fingerprint density at radius 3 is 2.36 bits per heavy atom. The topological polar surface area (TPSA) is 66.9 Å². The zero-order chi connectivity index (χ0) is 10.2. The first-order valence-corrected chi connectivity index (χ1v) is 6.80. The average molecular weight is 220 g/mol. The van der Waals surface area contributed by atoms with Crippen LogP contribution in [0.4, 0.5) is 0 Å². The first-order chi connectivity index (χ1) is 6.55. The number of sulfone groups is 1. The molecule has 0 amide bonds. The lowest BCUT2D eigenvalue weighted by molar-refractivity contribution is 0.0934. The van der Waals surface area contributed by atoms with Crippen LogP contribution in [-0.2, 0) is 14.6 Å². The first-order valence-electron chi connectivity index (χ1n) is 4.98. The molecule has 2 heterocycles. The van der Waals surface area contributed by atoms with Crippen molar-refractivity contribution in [2.75, 3.05) is 24.7 Å². The minimum atomic E-state index is -2.83. The maximum atomic E-state index is 11.2. The zero-order valence-corrected chi connectivity index (χ0v) is 8.92. The Bertz CT molecular complexity index is 291. The normalized spacial score (nSPS) is 33.9. The molecule has 2 fully saturated rings. The molecule has 4 nitrogen and oxygen atoms in total. The lowest BCUT2D eigenvalue weighted by atomic mass is 9.78. The van der Waals surface area contributed by atoms with Gasteiger partial charge in [-0.15, -0.1) is 0 Å². The quantitative estimate of drug-likeness (QED) is 0.678. The molecular weight excluding hydrogens is 204 g/mol. The van der Waals surface area contributed by atoms with Crippen molar-refractivity contribution in [3.8, 4) is 0 Å². The van der Waals surface area contributed by atoms with E-state index in [-0.39, 0.29) is 29.6 Å². The summed E-state index contributed by atoms with van der Waals surface area (Å²) < 4.78 is 27.6. The van der Waals surface area contributed by atoms with Gasteiger partial charge in [-0.2, -0.15) is 0 Å². The van der Waals surface area contributed by atoms with E-state index in [1.165, 1.54) is 0 Å². The maximum Gasteiger partial charge on any atom is 0.150 e. The molecule has 0 saturated carbocycles. The highest BCUT2D eigenvalue weighted by Gasteiger charge is 2.41. The summed E-state index contributed by atoms with van der Waals surface area (Å²) >= 11 is 0. The highest BCUT2D eigenvalue weighted by molar-refractivity contribution is 7.91. The molecule has 0 spiro atoms. The van der Waals surface area contributed by atoms with Crippen LogP contribution in [0.1, 0.15) is 19.3 Å². The van der Waals surface area contributed by atoms with E-state index >= 15 is 0 Å². The van der Waals surface area contributed by atoms with Crippen molar-refractivity contribution in [3.63, 3.8) is 0 Å². The maximum absolute atomic E-state index is 11.2. The van der Waals surface area contributed by atoms with E-state index < -0.39 is 9.84 Å².